The largest absolute Gasteiger partial charge is 0.478 e. The number of rotatable bonds is 5. The number of hydrogen-bond donors (Lipinski definition) is 0. The highest BCUT2D eigenvalue weighted by Crippen LogP contribution is 2.23. The van der Waals surface area contributed by atoms with Crippen molar-refractivity contribution in [1.29, 1.82) is 0 Å². The summed E-state index contributed by atoms with van der Waals surface area (Å²) in [6, 6.07) is 3.77. The fourth-order valence-corrected chi connectivity index (χ4v) is 3.02. The Bertz CT molecular complexity index is 528. The molecule has 1 saturated heterocycles. The molecule has 0 radical (unpaired) electrons. The van der Waals surface area contributed by atoms with Crippen LogP contribution in [-0.2, 0) is 4.74 Å². The summed E-state index contributed by atoms with van der Waals surface area (Å²) in [5, 5.41) is 0. The number of carbonyl (C=O) groups excluding carboxylic acids is 1. The quantitative estimate of drug-likeness (QED) is 0.677. The molecule has 2 heterocycles. The van der Waals surface area contributed by atoms with Gasteiger partial charge in [0, 0.05) is 29.8 Å². The fourth-order valence-electron chi connectivity index (χ4n) is 2.79. The van der Waals surface area contributed by atoms with Gasteiger partial charge in [0.15, 0.2) is 0 Å². The average molecular weight is 399 g/mol. The van der Waals surface area contributed by atoms with Gasteiger partial charge in [0.05, 0.1) is 6.61 Å². The predicted molar refractivity (Wildman–Crippen MR) is 97.2 cm³/mol. The molecule has 0 aliphatic carbocycles. The molecule has 1 atom stereocenters. The van der Waals surface area contributed by atoms with E-state index in [1.165, 1.54) is 0 Å². The topological polar surface area (TPSA) is 51.7 Å². The molecule has 0 N–H and O–H groups in total. The molecule has 0 unspecified atom stereocenters. The number of ether oxygens (including phenoxy) is 2. The minimum Gasteiger partial charge on any atom is -0.478 e. The van der Waals surface area contributed by atoms with Crippen molar-refractivity contribution >= 4 is 22.0 Å². The zero-order chi connectivity index (χ0) is 17.6. The molecule has 2 rings (SSSR count). The van der Waals surface area contributed by atoms with Crippen molar-refractivity contribution in [1.82, 2.24) is 9.88 Å². The SMILES string of the molecule is CC(C)(C)OC(=O)N1CCC[C@H](CCCOc2ccc(Br)cn2)C1. The van der Waals surface area contributed by atoms with Gasteiger partial charge in [-0.3, -0.25) is 0 Å². The van der Waals surface area contributed by atoms with Crippen LogP contribution in [0.3, 0.4) is 0 Å². The first-order valence-electron chi connectivity index (χ1n) is 8.56. The number of nitrogens with zero attached hydrogens (tertiary/aromatic N) is 2. The highest BCUT2D eigenvalue weighted by Gasteiger charge is 2.27. The van der Waals surface area contributed by atoms with Crippen LogP contribution in [0.5, 0.6) is 5.88 Å². The Kier molecular flexibility index (Phi) is 6.90. The maximum absolute atomic E-state index is 12.2. The van der Waals surface area contributed by atoms with Gasteiger partial charge in [-0.1, -0.05) is 0 Å². The van der Waals surface area contributed by atoms with E-state index in [9.17, 15) is 4.79 Å². The smallest absolute Gasteiger partial charge is 0.410 e. The van der Waals surface area contributed by atoms with Crippen LogP contribution in [0.1, 0.15) is 46.5 Å². The van der Waals surface area contributed by atoms with Crippen LogP contribution in [0, 0.1) is 5.92 Å². The molecule has 24 heavy (non-hydrogen) atoms. The van der Waals surface area contributed by atoms with Crippen molar-refractivity contribution in [2.75, 3.05) is 19.7 Å². The van der Waals surface area contributed by atoms with Crippen LogP contribution in [0.15, 0.2) is 22.8 Å². The van der Waals surface area contributed by atoms with Gasteiger partial charge in [-0.2, -0.15) is 0 Å². The molecule has 1 aliphatic heterocycles. The lowest BCUT2D eigenvalue weighted by Crippen LogP contribution is -2.42. The van der Waals surface area contributed by atoms with Crippen LogP contribution in [0.2, 0.25) is 0 Å². The number of hydrogen-bond acceptors (Lipinski definition) is 4. The zero-order valence-electron chi connectivity index (χ0n) is 14.8. The Hall–Kier alpha value is -1.30. The lowest BCUT2D eigenvalue weighted by atomic mass is 9.94. The lowest BCUT2D eigenvalue weighted by molar-refractivity contribution is 0.0159. The van der Waals surface area contributed by atoms with E-state index >= 15 is 0 Å². The number of aromatic nitrogens is 1. The number of pyridine rings is 1. The molecule has 0 aromatic carbocycles. The van der Waals surface area contributed by atoms with Crippen LogP contribution in [-0.4, -0.2) is 41.3 Å². The summed E-state index contributed by atoms with van der Waals surface area (Å²) in [6.45, 7) is 7.94. The minimum absolute atomic E-state index is 0.192. The van der Waals surface area contributed by atoms with Gasteiger partial charge in [0.1, 0.15) is 5.60 Å². The van der Waals surface area contributed by atoms with Gasteiger partial charge in [-0.05, 0) is 74.4 Å². The van der Waals surface area contributed by atoms with Crippen molar-refractivity contribution in [3.63, 3.8) is 0 Å². The number of halogens is 1. The Balaban J connectivity index is 1.69. The number of piperidine rings is 1. The van der Waals surface area contributed by atoms with E-state index in [-0.39, 0.29) is 6.09 Å². The molecule has 6 heteroatoms. The van der Waals surface area contributed by atoms with E-state index in [2.05, 4.69) is 20.9 Å². The maximum atomic E-state index is 12.2. The third-order valence-electron chi connectivity index (χ3n) is 3.88. The van der Waals surface area contributed by atoms with Crippen molar-refractivity contribution in [2.45, 2.75) is 52.1 Å². The molecule has 1 fully saturated rings. The van der Waals surface area contributed by atoms with Gasteiger partial charge < -0.3 is 14.4 Å². The first-order chi connectivity index (χ1) is 11.3. The molecule has 5 nitrogen and oxygen atoms in total. The molecular weight excluding hydrogens is 372 g/mol. The molecule has 134 valence electrons. The third-order valence-corrected chi connectivity index (χ3v) is 4.35. The summed E-state index contributed by atoms with van der Waals surface area (Å²) in [5.74, 6) is 1.17. The van der Waals surface area contributed by atoms with Gasteiger partial charge >= 0.3 is 6.09 Å². The van der Waals surface area contributed by atoms with Crippen molar-refractivity contribution in [3.05, 3.63) is 22.8 Å². The maximum Gasteiger partial charge on any atom is 0.410 e. The molecular formula is C18H27BrN2O3. The normalized spacial score (nSPS) is 18.3. The van der Waals surface area contributed by atoms with E-state index in [1.54, 1.807) is 6.20 Å². The summed E-state index contributed by atoms with van der Waals surface area (Å²) in [4.78, 5) is 18.2. The second-order valence-corrected chi connectivity index (χ2v) is 8.16. The Morgan fingerprint density at radius 1 is 1.42 bits per heavy atom. The molecule has 1 aromatic rings. The lowest BCUT2D eigenvalue weighted by Gasteiger charge is -2.34. The second kappa shape index (κ2) is 8.70. The standard InChI is InChI=1S/C18H27BrN2O3/c1-18(2,3)24-17(22)21-10-4-6-14(13-21)7-5-11-23-16-9-8-15(19)12-20-16/h8-9,12,14H,4-7,10-11,13H2,1-3H3/t14-/m1/s1. The third kappa shape index (κ3) is 6.67. The van der Waals surface area contributed by atoms with E-state index in [1.807, 2.05) is 37.8 Å². The Morgan fingerprint density at radius 2 is 2.21 bits per heavy atom. The Morgan fingerprint density at radius 3 is 2.88 bits per heavy atom. The van der Waals surface area contributed by atoms with Gasteiger partial charge in [-0.15, -0.1) is 0 Å². The zero-order valence-corrected chi connectivity index (χ0v) is 16.3. The summed E-state index contributed by atoms with van der Waals surface area (Å²) in [6.07, 6.45) is 5.76. The predicted octanol–water partition coefficient (Wildman–Crippen LogP) is 4.65. The van der Waals surface area contributed by atoms with Gasteiger partial charge in [0.2, 0.25) is 5.88 Å². The van der Waals surface area contributed by atoms with Crippen LogP contribution in [0.4, 0.5) is 4.79 Å². The van der Waals surface area contributed by atoms with E-state index in [0.29, 0.717) is 18.4 Å². The first kappa shape index (κ1) is 19.0. The number of likely N-dealkylation sites (tertiary alicyclic amines) is 1. The van der Waals surface area contributed by atoms with Crippen molar-refractivity contribution in [2.24, 2.45) is 5.92 Å². The summed E-state index contributed by atoms with van der Waals surface area (Å²) in [5.41, 5.74) is -0.435. The molecule has 1 aliphatic rings. The fraction of sp³-hybridized carbons (Fsp3) is 0.667. The molecule has 0 spiro atoms. The first-order valence-corrected chi connectivity index (χ1v) is 9.35. The monoisotopic (exact) mass is 398 g/mol. The summed E-state index contributed by atoms with van der Waals surface area (Å²) in [7, 11) is 0. The highest BCUT2D eigenvalue weighted by molar-refractivity contribution is 9.10. The molecule has 0 bridgehead atoms. The highest BCUT2D eigenvalue weighted by atomic mass is 79.9. The van der Waals surface area contributed by atoms with E-state index in [4.69, 9.17) is 9.47 Å². The molecule has 1 aromatic heterocycles. The minimum atomic E-state index is -0.435. The van der Waals surface area contributed by atoms with Gasteiger partial charge in [0.25, 0.3) is 0 Å². The number of carbonyl (C=O) groups is 1. The Labute approximate surface area is 152 Å². The van der Waals surface area contributed by atoms with Crippen molar-refractivity contribution in [3.8, 4) is 5.88 Å². The summed E-state index contributed by atoms with van der Waals surface area (Å²) < 4.78 is 12.1. The van der Waals surface area contributed by atoms with Crippen LogP contribution in [0.25, 0.3) is 0 Å². The van der Waals surface area contributed by atoms with Crippen LogP contribution >= 0.6 is 15.9 Å². The average Bonchev–Trinajstić information content (AvgIpc) is 2.52. The van der Waals surface area contributed by atoms with Crippen LogP contribution < -0.4 is 4.74 Å². The van der Waals surface area contributed by atoms with Gasteiger partial charge in [-0.25, -0.2) is 9.78 Å². The van der Waals surface area contributed by atoms with E-state index in [0.717, 1.165) is 43.2 Å². The second-order valence-electron chi connectivity index (χ2n) is 7.24. The number of amides is 1. The van der Waals surface area contributed by atoms with E-state index < -0.39 is 5.60 Å². The molecule has 0 saturated carbocycles. The molecule has 1 amide bonds. The summed E-state index contributed by atoms with van der Waals surface area (Å²) >= 11 is 3.35. The van der Waals surface area contributed by atoms with Crippen molar-refractivity contribution < 1.29 is 14.3 Å².